The van der Waals surface area contributed by atoms with Crippen LogP contribution < -0.4 is 5.73 Å². The van der Waals surface area contributed by atoms with Gasteiger partial charge in [-0.2, -0.15) is 0 Å². The Bertz CT molecular complexity index is 355. The predicted molar refractivity (Wildman–Crippen MR) is 73.7 cm³/mol. The number of hydrogen-bond acceptors (Lipinski definition) is 1. The van der Waals surface area contributed by atoms with Crippen LogP contribution in [0.15, 0.2) is 30.3 Å². The Morgan fingerprint density at radius 1 is 1.06 bits per heavy atom. The fourth-order valence-corrected chi connectivity index (χ4v) is 3.13. The van der Waals surface area contributed by atoms with Gasteiger partial charge >= 0.3 is 0 Å². The molecule has 0 amide bonds. The summed E-state index contributed by atoms with van der Waals surface area (Å²) in [5.41, 5.74) is 7.73. The Balaban J connectivity index is 2.16. The van der Waals surface area contributed by atoms with Crippen molar-refractivity contribution < 1.29 is 0 Å². The molecule has 0 aromatic heterocycles. The van der Waals surface area contributed by atoms with Crippen LogP contribution in [-0.2, 0) is 5.54 Å². The minimum Gasteiger partial charge on any atom is -0.321 e. The van der Waals surface area contributed by atoms with E-state index in [4.69, 9.17) is 5.73 Å². The van der Waals surface area contributed by atoms with Gasteiger partial charge < -0.3 is 5.73 Å². The molecule has 0 bridgehead atoms. The standard InChI is InChI=1S/C16H25N/c1-12-9-10-15(11-13(12)2)16(3,17)14-7-5-4-6-8-14/h4-8,12-13,15H,9-11,17H2,1-3H3. The Labute approximate surface area is 105 Å². The molecule has 0 spiro atoms. The quantitative estimate of drug-likeness (QED) is 0.820. The van der Waals surface area contributed by atoms with Gasteiger partial charge in [0.1, 0.15) is 0 Å². The topological polar surface area (TPSA) is 26.0 Å². The third-order valence-electron chi connectivity index (χ3n) is 4.84. The lowest BCUT2D eigenvalue weighted by Gasteiger charge is -2.41. The Morgan fingerprint density at radius 3 is 2.29 bits per heavy atom. The molecule has 17 heavy (non-hydrogen) atoms. The van der Waals surface area contributed by atoms with E-state index in [1.54, 1.807) is 0 Å². The first-order valence-corrected chi connectivity index (χ1v) is 6.86. The maximum Gasteiger partial charge on any atom is 0.0409 e. The number of nitrogens with two attached hydrogens (primary N) is 1. The van der Waals surface area contributed by atoms with Crippen LogP contribution in [0.5, 0.6) is 0 Å². The molecular weight excluding hydrogens is 206 g/mol. The highest BCUT2D eigenvalue weighted by Gasteiger charge is 2.36. The van der Waals surface area contributed by atoms with E-state index in [-0.39, 0.29) is 5.54 Å². The largest absolute Gasteiger partial charge is 0.321 e. The van der Waals surface area contributed by atoms with Crippen molar-refractivity contribution in [3.63, 3.8) is 0 Å². The molecule has 1 saturated carbocycles. The van der Waals surface area contributed by atoms with E-state index in [1.807, 2.05) is 0 Å². The van der Waals surface area contributed by atoms with Gasteiger partial charge in [-0.15, -0.1) is 0 Å². The fraction of sp³-hybridized carbons (Fsp3) is 0.625. The Kier molecular flexibility index (Phi) is 3.58. The second-order valence-electron chi connectivity index (χ2n) is 6.11. The van der Waals surface area contributed by atoms with Gasteiger partial charge in [-0.1, -0.05) is 50.6 Å². The monoisotopic (exact) mass is 231 g/mol. The van der Waals surface area contributed by atoms with Crippen molar-refractivity contribution in [2.75, 3.05) is 0 Å². The van der Waals surface area contributed by atoms with Crippen molar-refractivity contribution in [1.82, 2.24) is 0 Å². The first-order chi connectivity index (χ1) is 8.01. The zero-order valence-corrected chi connectivity index (χ0v) is 11.3. The van der Waals surface area contributed by atoms with E-state index >= 15 is 0 Å². The van der Waals surface area contributed by atoms with Gasteiger partial charge in [-0.05, 0) is 43.1 Å². The minimum absolute atomic E-state index is 0.171. The average Bonchev–Trinajstić information content (AvgIpc) is 2.33. The normalized spacial score (nSPS) is 33.1. The van der Waals surface area contributed by atoms with Gasteiger partial charge in [-0.25, -0.2) is 0 Å². The van der Waals surface area contributed by atoms with Crippen molar-refractivity contribution in [2.45, 2.75) is 45.6 Å². The van der Waals surface area contributed by atoms with Crippen molar-refractivity contribution in [3.8, 4) is 0 Å². The summed E-state index contributed by atoms with van der Waals surface area (Å²) >= 11 is 0. The maximum atomic E-state index is 6.62. The molecule has 1 aromatic rings. The zero-order valence-electron chi connectivity index (χ0n) is 11.3. The number of hydrogen-bond donors (Lipinski definition) is 1. The van der Waals surface area contributed by atoms with Gasteiger partial charge in [-0.3, -0.25) is 0 Å². The third kappa shape index (κ3) is 2.55. The Morgan fingerprint density at radius 2 is 1.71 bits per heavy atom. The molecule has 0 saturated heterocycles. The molecule has 1 nitrogen and oxygen atoms in total. The molecule has 1 heteroatoms. The molecule has 2 N–H and O–H groups in total. The minimum atomic E-state index is -0.171. The molecule has 4 atom stereocenters. The van der Waals surface area contributed by atoms with Crippen LogP contribution in [0.25, 0.3) is 0 Å². The summed E-state index contributed by atoms with van der Waals surface area (Å²) in [6.07, 6.45) is 3.86. The summed E-state index contributed by atoms with van der Waals surface area (Å²) in [5.74, 6) is 2.29. The summed E-state index contributed by atoms with van der Waals surface area (Å²) in [6.45, 7) is 6.95. The van der Waals surface area contributed by atoms with E-state index in [0.29, 0.717) is 5.92 Å². The van der Waals surface area contributed by atoms with Crippen molar-refractivity contribution in [1.29, 1.82) is 0 Å². The smallest absolute Gasteiger partial charge is 0.0409 e. The van der Waals surface area contributed by atoms with Crippen LogP contribution >= 0.6 is 0 Å². The van der Waals surface area contributed by atoms with E-state index in [0.717, 1.165) is 11.8 Å². The lowest BCUT2D eigenvalue weighted by atomic mass is 9.67. The SMILES string of the molecule is CC1CCC(C(C)(N)c2ccccc2)CC1C. The van der Waals surface area contributed by atoms with Crippen molar-refractivity contribution in [3.05, 3.63) is 35.9 Å². The fourth-order valence-electron chi connectivity index (χ4n) is 3.13. The number of rotatable bonds is 2. The highest BCUT2D eigenvalue weighted by Crippen LogP contribution is 2.41. The van der Waals surface area contributed by atoms with Crippen LogP contribution in [-0.4, -0.2) is 0 Å². The van der Waals surface area contributed by atoms with Gasteiger partial charge in [0.05, 0.1) is 0 Å². The summed E-state index contributed by atoms with van der Waals surface area (Å²) in [6, 6.07) is 10.6. The summed E-state index contributed by atoms with van der Waals surface area (Å²) in [5, 5.41) is 0. The van der Waals surface area contributed by atoms with Crippen LogP contribution in [0.3, 0.4) is 0 Å². The molecule has 4 unspecified atom stereocenters. The lowest BCUT2D eigenvalue weighted by molar-refractivity contribution is 0.142. The third-order valence-corrected chi connectivity index (χ3v) is 4.84. The van der Waals surface area contributed by atoms with E-state index in [2.05, 4.69) is 51.1 Å². The van der Waals surface area contributed by atoms with Crippen LogP contribution in [0.2, 0.25) is 0 Å². The molecule has 0 radical (unpaired) electrons. The summed E-state index contributed by atoms with van der Waals surface area (Å²) in [4.78, 5) is 0. The van der Waals surface area contributed by atoms with Crippen LogP contribution in [0.1, 0.15) is 45.6 Å². The number of benzene rings is 1. The molecule has 94 valence electrons. The van der Waals surface area contributed by atoms with E-state index in [9.17, 15) is 0 Å². The zero-order chi connectivity index (χ0) is 12.5. The lowest BCUT2D eigenvalue weighted by Crippen LogP contribution is -2.44. The Hall–Kier alpha value is -0.820. The molecular formula is C16H25N. The highest BCUT2D eigenvalue weighted by atomic mass is 14.7. The second kappa shape index (κ2) is 4.81. The molecule has 1 aromatic carbocycles. The van der Waals surface area contributed by atoms with Crippen LogP contribution in [0, 0.1) is 17.8 Å². The van der Waals surface area contributed by atoms with Crippen LogP contribution in [0.4, 0.5) is 0 Å². The molecule has 1 fully saturated rings. The van der Waals surface area contributed by atoms with Gasteiger partial charge in [0, 0.05) is 5.54 Å². The van der Waals surface area contributed by atoms with Gasteiger partial charge in [0.25, 0.3) is 0 Å². The maximum absolute atomic E-state index is 6.62. The second-order valence-corrected chi connectivity index (χ2v) is 6.11. The van der Waals surface area contributed by atoms with E-state index < -0.39 is 0 Å². The van der Waals surface area contributed by atoms with Crippen molar-refractivity contribution in [2.24, 2.45) is 23.5 Å². The highest BCUT2D eigenvalue weighted by molar-refractivity contribution is 5.24. The predicted octanol–water partition coefficient (Wildman–Crippen LogP) is 3.93. The molecule has 0 aliphatic heterocycles. The summed E-state index contributed by atoms with van der Waals surface area (Å²) < 4.78 is 0. The molecule has 2 rings (SSSR count). The summed E-state index contributed by atoms with van der Waals surface area (Å²) in [7, 11) is 0. The molecule has 1 aliphatic carbocycles. The van der Waals surface area contributed by atoms with E-state index in [1.165, 1.54) is 24.8 Å². The van der Waals surface area contributed by atoms with Gasteiger partial charge in [0.2, 0.25) is 0 Å². The molecule has 1 aliphatic rings. The first kappa shape index (κ1) is 12.6. The van der Waals surface area contributed by atoms with Gasteiger partial charge in [0.15, 0.2) is 0 Å². The first-order valence-electron chi connectivity index (χ1n) is 6.86. The average molecular weight is 231 g/mol. The molecule has 0 heterocycles. The van der Waals surface area contributed by atoms with Crippen molar-refractivity contribution >= 4 is 0 Å².